The first-order valence-corrected chi connectivity index (χ1v) is 5.07. The zero-order valence-electron chi connectivity index (χ0n) is 8.11. The summed E-state index contributed by atoms with van der Waals surface area (Å²) >= 11 is -2.46. The van der Waals surface area contributed by atoms with Crippen LogP contribution in [0.3, 0.4) is 0 Å². The van der Waals surface area contributed by atoms with E-state index in [0.717, 1.165) is 12.1 Å². The Labute approximate surface area is 88.3 Å². The topological polar surface area (TPSA) is 63.6 Å². The highest BCUT2D eigenvalue weighted by atomic mass is 32.2. The molecule has 6 heteroatoms. The van der Waals surface area contributed by atoms with Crippen LogP contribution in [0.25, 0.3) is 0 Å². The summed E-state index contributed by atoms with van der Waals surface area (Å²) in [5, 5.41) is 0. The lowest BCUT2D eigenvalue weighted by molar-refractivity contribution is 0.0599. The molecule has 0 aromatic heterocycles. The highest BCUT2D eigenvalue weighted by molar-refractivity contribution is 7.79. The van der Waals surface area contributed by atoms with Crippen LogP contribution >= 0.6 is 0 Å². The van der Waals surface area contributed by atoms with Gasteiger partial charge in [0.05, 0.1) is 12.7 Å². The Balaban J connectivity index is 3.36. The molecule has 0 heterocycles. The van der Waals surface area contributed by atoms with Crippen LogP contribution in [0.1, 0.15) is 15.9 Å². The highest BCUT2D eigenvalue weighted by Gasteiger charge is 2.16. The van der Waals surface area contributed by atoms with E-state index in [1.165, 1.54) is 14.0 Å². The van der Waals surface area contributed by atoms with E-state index in [2.05, 4.69) is 4.74 Å². The minimum atomic E-state index is -2.46. The van der Waals surface area contributed by atoms with Crippen molar-refractivity contribution in [1.29, 1.82) is 0 Å². The molecule has 15 heavy (non-hydrogen) atoms. The second-order valence-electron chi connectivity index (χ2n) is 2.84. The molecular weight excluding hydrogens is 223 g/mol. The van der Waals surface area contributed by atoms with E-state index in [1.807, 2.05) is 0 Å². The van der Waals surface area contributed by atoms with Crippen molar-refractivity contribution >= 4 is 17.0 Å². The van der Waals surface area contributed by atoms with Crippen molar-refractivity contribution in [2.24, 2.45) is 0 Å². The molecule has 1 aromatic rings. The number of aryl methyl sites for hydroxylation is 1. The van der Waals surface area contributed by atoms with Crippen molar-refractivity contribution in [1.82, 2.24) is 0 Å². The van der Waals surface area contributed by atoms with Gasteiger partial charge in [0.2, 0.25) is 0 Å². The van der Waals surface area contributed by atoms with Crippen LogP contribution in [0.5, 0.6) is 0 Å². The van der Waals surface area contributed by atoms with Gasteiger partial charge in [0.1, 0.15) is 10.7 Å². The summed E-state index contributed by atoms with van der Waals surface area (Å²) in [6.07, 6.45) is 0. The lowest BCUT2D eigenvalue weighted by atomic mass is 10.1. The maximum atomic E-state index is 13.1. The third kappa shape index (κ3) is 2.40. The first-order chi connectivity index (χ1) is 6.97. The van der Waals surface area contributed by atoms with Crippen molar-refractivity contribution in [2.75, 3.05) is 7.11 Å². The Hall–Kier alpha value is -1.27. The van der Waals surface area contributed by atoms with Gasteiger partial charge in [-0.2, -0.15) is 0 Å². The molecule has 0 aliphatic carbocycles. The predicted octanol–water partition coefficient (Wildman–Crippen LogP) is 1.50. The maximum absolute atomic E-state index is 13.1. The van der Waals surface area contributed by atoms with Gasteiger partial charge in [-0.1, -0.05) is 0 Å². The van der Waals surface area contributed by atoms with E-state index < -0.39 is 27.8 Å². The lowest BCUT2D eigenvalue weighted by Crippen LogP contribution is -2.06. The molecule has 0 radical (unpaired) electrons. The third-order valence-electron chi connectivity index (χ3n) is 1.87. The number of carbonyl (C=O) groups excluding carboxylic acids is 1. The summed E-state index contributed by atoms with van der Waals surface area (Å²) in [7, 11) is 1.18. The van der Waals surface area contributed by atoms with Crippen molar-refractivity contribution in [2.45, 2.75) is 11.8 Å². The van der Waals surface area contributed by atoms with Gasteiger partial charge in [-0.05, 0) is 24.6 Å². The molecule has 1 atom stereocenters. The predicted molar refractivity (Wildman–Crippen MR) is 51.5 cm³/mol. The molecule has 1 N–H and O–H groups in total. The summed E-state index contributed by atoms with van der Waals surface area (Å²) in [5.41, 5.74) is 0.435. The van der Waals surface area contributed by atoms with Crippen LogP contribution in [0.4, 0.5) is 4.39 Å². The standard InChI is InChI=1S/C9H9FO4S/c1-5-3-7(10)8(15(12)13)4-6(5)9(11)14-2/h3-4H,1-2H3,(H,12,13). The van der Waals surface area contributed by atoms with Crippen molar-refractivity contribution < 1.29 is 22.7 Å². The van der Waals surface area contributed by atoms with Crippen LogP contribution in [-0.2, 0) is 15.8 Å². The van der Waals surface area contributed by atoms with Gasteiger partial charge in [-0.15, -0.1) is 0 Å². The number of halogens is 1. The van der Waals surface area contributed by atoms with Crippen LogP contribution in [0, 0.1) is 12.7 Å². The van der Waals surface area contributed by atoms with Gasteiger partial charge in [0, 0.05) is 0 Å². The number of carbonyl (C=O) groups is 1. The highest BCUT2D eigenvalue weighted by Crippen LogP contribution is 2.18. The number of rotatable bonds is 2. The number of ether oxygens (including phenoxy) is 1. The molecule has 0 spiro atoms. The SMILES string of the molecule is COC(=O)c1cc(S(=O)O)c(F)cc1C. The second-order valence-corrected chi connectivity index (χ2v) is 3.78. The first kappa shape index (κ1) is 11.8. The fourth-order valence-corrected chi connectivity index (χ4v) is 1.56. The number of benzene rings is 1. The van der Waals surface area contributed by atoms with E-state index >= 15 is 0 Å². The number of esters is 1. The fourth-order valence-electron chi connectivity index (χ4n) is 1.12. The zero-order valence-corrected chi connectivity index (χ0v) is 8.93. The van der Waals surface area contributed by atoms with Crippen LogP contribution in [0.15, 0.2) is 17.0 Å². The zero-order chi connectivity index (χ0) is 11.6. The molecule has 0 aliphatic rings. The second kappa shape index (κ2) is 4.50. The third-order valence-corrected chi connectivity index (χ3v) is 2.56. The van der Waals surface area contributed by atoms with Crippen LogP contribution in [-0.4, -0.2) is 21.8 Å². The van der Waals surface area contributed by atoms with E-state index in [-0.39, 0.29) is 5.56 Å². The van der Waals surface area contributed by atoms with E-state index in [4.69, 9.17) is 4.55 Å². The first-order valence-electron chi connectivity index (χ1n) is 3.96. The summed E-state index contributed by atoms with van der Waals surface area (Å²) in [6.45, 7) is 1.51. The van der Waals surface area contributed by atoms with Crippen molar-refractivity contribution in [3.8, 4) is 0 Å². The Morgan fingerprint density at radius 2 is 2.13 bits per heavy atom. The Morgan fingerprint density at radius 3 is 2.60 bits per heavy atom. The minimum absolute atomic E-state index is 0.0799. The van der Waals surface area contributed by atoms with Gasteiger partial charge < -0.3 is 9.29 Å². The summed E-state index contributed by atoms with van der Waals surface area (Å²) in [4.78, 5) is 10.8. The molecule has 0 aliphatic heterocycles. The van der Waals surface area contributed by atoms with Crippen LogP contribution in [0.2, 0.25) is 0 Å². The summed E-state index contributed by atoms with van der Waals surface area (Å²) < 4.78 is 37.1. The van der Waals surface area contributed by atoms with E-state index in [9.17, 15) is 13.4 Å². The molecule has 0 bridgehead atoms. The quantitative estimate of drug-likeness (QED) is 0.620. The fraction of sp³-hybridized carbons (Fsp3) is 0.222. The normalized spacial score (nSPS) is 12.3. The lowest BCUT2D eigenvalue weighted by Gasteiger charge is -2.06. The average molecular weight is 232 g/mol. The Bertz CT molecular complexity index is 430. The van der Waals surface area contributed by atoms with E-state index in [0.29, 0.717) is 5.56 Å². The molecule has 0 saturated carbocycles. The largest absolute Gasteiger partial charge is 0.465 e. The molecular formula is C9H9FO4S. The molecule has 82 valence electrons. The van der Waals surface area contributed by atoms with Crippen molar-refractivity contribution in [3.63, 3.8) is 0 Å². The van der Waals surface area contributed by atoms with Gasteiger partial charge in [-0.25, -0.2) is 13.4 Å². The van der Waals surface area contributed by atoms with E-state index in [1.54, 1.807) is 0 Å². The minimum Gasteiger partial charge on any atom is -0.465 e. The molecule has 0 amide bonds. The Kier molecular flexibility index (Phi) is 3.54. The number of hydrogen-bond acceptors (Lipinski definition) is 3. The van der Waals surface area contributed by atoms with Gasteiger partial charge in [0.25, 0.3) is 0 Å². The molecule has 1 rings (SSSR count). The molecule has 4 nitrogen and oxygen atoms in total. The van der Waals surface area contributed by atoms with Crippen LogP contribution < -0.4 is 0 Å². The van der Waals surface area contributed by atoms with Gasteiger partial charge in [-0.3, -0.25) is 0 Å². The number of methoxy groups -OCH3 is 1. The van der Waals surface area contributed by atoms with Gasteiger partial charge in [0.15, 0.2) is 11.1 Å². The monoisotopic (exact) mass is 232 g/mol. The van der Waals surface area contributed by atoms with Gasteiger partial charge >= 0.3 is 5.97 Å². The molecule has 1 aromatic carbocycles. The smallest absolute Gasteiger partial charge is 0.338 e. The Morgan fingerprint density at radius 1 is 1.53 bits per heavy atom. The molecule has 1 unspecified atom stereocenters. The summed E-state index contributed by atoms with van der Waals surface area (Å²) in [6, 6.07) is 2.04. The van der Waals surface area contributed by atoms with Crippen molar-refractivity contribution in [3.05, 3.63) is 29.1 Å². The molecule has 0 fully saturated rings. The average Bonchev–Trinajstić information content (AvgIpc) is 2.16. The summed E-state index contributed by atoms with van der Waals surface area (Å²) in [5.74, 6) is -1.49. The number of hydrogen-bond donors (Lipinski definition) is 1. The maximum Gasteiger partial charge on any atom is 0.338 e. The molecule has 0 saturated heterocycles.